The van der Waals surface area contributed by atoms with Gasteiger partial charge >= 0.3 is 0 Å². The van der Waals surface area contributed by atoms with E-state index in [1.54, 1.807) is 6.33 Å². The van der Waals surface area contributed by atoms with Crippen LogP contribution in [0.25, 0.3) is 0 Å². The predicted octanol–water partition coefficient (Wildman–Crippen LogP) is 3.82. The number of halogens is 1. The summed E-state index contributed by atoms with van der Waals surface area (Å²) in [5.74, 6) is 1.86. The fourth-order valence-electron chi connectivity index (χ4n) is 4.25. The van der Waals surface area contributed by atoms with Crippen LogP contribution in [0.4, 0.5) is 11.6 Å². The highest BCUT2D eigenvalue weighted by molar-refractivity contribution is 6.31. The van der Waals surface area contributed by atoms with E-state index in [1.807, 2.05) is 18.2 Å². The number of aromatic nitrogens is 2. The molecule has 2 unspecified atom stereocenters. The minimum atomic E-state index is 0.157. The van der Waals surface area contributed by atoms with Crippen LogP contribution < -0.4 is 9.80 Å². The summed E-state index contributed by atoms with van der Waals surface area (Å²) < 4.78 is 0. The van der Waals surface area contributed by atoms with Crippen LogP contribution in [0.1, 0.15) is 43.7 Å². The number of benzene rings is 1. The van der Waals surface area contributed by atoms with Crippen molar-refractivity contribution in [3.05, 3.63) is 47.2 Å². The quantitative estimate of drug-likeness (QED) is 0.884. The third-order valence-corrected chi connectivity index (χ3v) is 5.93. The fraction of sp³-hybridized carbons (Fsp3) is 0.500. The van der Waals surface area contributed by atoms with Gasteiger partial charge in [0.25, 0.3) is 0 Å². The molecule has 2 saturated heterocycles. The molecule has 0 aliphatic carbocycles. The van der Waals surface area contributed by atoms with Crippen molar-refractivity contribution in [3.8, 4) is 0 Å². The van der Waals surface area contributed by atoms with Gasteiger partial charge in [0, 0.05) is 24.2 Å². The Kier molecular flexibility index (Phi) is 5.27. The van der Waals surface area contributed by atoms with Crippen LogP contribution in [0.2, 0.25) is 5.02 Å². The molecule has 0 saturated carbocycles. The minimum Gasteiger partial charge on any atom is -0.394 e. The van der Waals surface area contributed by atoms with Gasteiger partial charge in [-0.1, -0.05) is 29.8 Å². The minimum absolute atomic E-state index is 0.157. The van der Waals surface area contributed by atoms with Gasteiger partial charge in [0.15, 0.2) is 0 Å². The van der Waals surface area contributed by atoms with Crippen molar-refractivity contribution in [2.45, 2.75) is 44.2 Å². The van der Waals surface area contributed by atoms with E-state index in [1.165, 1.54) is 6.42 Å². The Balaban J connectivity index is 1.62. The van der Waals surface area contributed by atoms with Crippen LogP contribution >= 0.6 is 11.6 Å². The topological polar surface area (TPSA) is 52.5 Å². The fourth-order valence-corrected chi connectivity index (χ4v) is 4.51. The summed E-state index contributed by atoms with van der Waals surface area (Å²) in [6.07, 6.45) is 7.17. The third-order valence-electron chi connectivity index (χ3n) is 5.58. The smallest absolute Gasteiger partial charge is 0.134 e. The average molecular weight is 373 g/mol. The van der Waals surface area contributed by atoms with Crippen molar-refractivity contribution in [1.29, 1.82) is 0 Å². The SMILES string of the molecule is OCC1CCCCN1c1cc(N2CCCC2c2ccccc2Cl)ncn1. The molecule has 3 heterocycles. The molecule has 0 amide bonds. The lowest BCUT2D eigenvalue weighted by Crippen LogP contribution is -2.42. The molecule has 2 aliphatic rings. The molecule has 0 radical (unpaired) electrons. The number of hydrogen-bond acceptors (Lipinski definition) is 5. The van der Waals surface area contributed by atoms with E-state index in [4.69, 9.17) is 11.6 Å². The van der Waals surface area contributed by atoms with Crippen LogP contribution in [0.15, 0.2) is 36.7 Å². The lowest BCUT2D eigenvalue weighted by atomic mass is 10.0. The van der Waals surface area contributed by atoms with Gasteiger partial charge in [0.05, 0.1) is 18.7 Å². The number of piperidine rings is 1. The molecule has 2 atom stereocenters. The first-order valence-corrected chi connectivity index (χ1v) is 9.86. The Hall–Kier alpha value is -1.85. The van der Waals surface area contributed by atoms with Crippen molar-refractivity contribution >= 4 is 23.2 Å². The molecule has 4 rings (SSSR count). The summed E-state index contributed by atoms with van der Waals surface area (Å²) in [5, 5.41) is 10.5. The Morgan fingerprint density at radius 3 is 2.58 bits per heavy atom. The van der Waals surface area contributed by atoms with Crippen molar-refractivity contribution < 1.29 is 5.11 Å². The first kappa shape index (κ1) is 17.6. The highest BCUT2D eigenvalue weighted by atomic mass is 35.5. The zero-order valence-corrected chi connectivity index (χ0v) is 15.6. The zero-order valence-electron chi connectivity index (χ0n) is 14.9. The van der Waals surface area contributed by atoms with E-state index in [9.17, 15) is 5.11 Å². The zero-order chi connectivity index (χ0) is 17.9. The molecule has 6 heteroatoms. The maximum atomic E-state index is 9.71. The molecule has 2 aliphatic heterocycles. The van der Waals surface area contributed by atoms with Gasteiger partial charge in [-0.15, -0.1) is 0 Å². The summed E-state index contributed by atoms with van der Waals surface area (Å²) in [6.45, 7) is 2.08. The second-order valence-electron chi connectivity index (χ2n) is 7.13. The van der Waals surface area contributed by atoms with Gasteiger partial charge in [-0.05, 0) is 43.7 Å². The molecular weight excluding hydrogens is 348 g/mol. The monoisotopic (exact) mass is 372 g/mol. The molecule has 1 N–H and O–H groups in total. The second-order valence-corrected chi connectivity index (χ2v) is 7.54. The summed E-state index contributed by atoms with van der Waals surface area (Å²) in [5.41, 5.74) is 1.16. The molecule has 0 bridgehead atoms. The van der Waals surface area contributed by atoms with Crippen LogP contribution in [-0.4, -0.2) is 40.8 Å². The van der Waals surface area contributed by atoms with Gasteiger partial charge in [-0.25, -0.2) is 9.97 Å². The number of rotatable bonds is 4. The van der Waals surface area contributed by atoms with E-state index in [-0.39, 0.29) is 18.7 Å². The molecule has 0 spiro atoms. The molecule has 2 aromatic rings. The molecular formula is C20H25ClN4O. The van der Waals surface area contributed by atoms with E-state index in [2.05, 4.69) is 31.9 Å². The van der Waals surface area contributed by atoms with Crippen molar-refractivity contribution in [3.63, 3.8) is 0 Å². The molecule has 138 valence electrons. The van der Waals surface area contributed by atoms with Gasteiger partial charge in [-0.2, -0.15) is 0 Å². The first-order valence-electron chi connectivity index (χ1n) is 9.48. The predicted molar refractivity (Wildman–Crippen MR) is 105 cm³/mol. The van der Waals surface area contributed by atoms with Crippen molar-refractivity contribution in [1.82, 2.24) is 9.97 Å². The molecule has 1 aromatic heterocycles. The summed E-state index contributed by atoms with van der Waals surface area (Å²) in [6, 6.07) is 10.6. The number of aliphatic hydroxyl groups excluding tert-OH is 1. The van der Waals surface area contributed by atoms with Gasteiger partial charge in [-0.3, -0.25) is 0 Å². The first-order chi connectivity index (χ1) is 12.8. The Bertz CT molecular complexity index is 756. The van der Waals surface area contributed by atoms with Gasteiger partial charge < -0.3 is 14.9 Å². The van der Waals surface area contributed by atoms with Crippen LogP contribution in [0.3, 0.4) is 0 Å². The van der Waals surface area contributed by atoms with Crippen LogP contribution in [0, 0.1) is 0 Å². The van der Waals surface area contributed by atoms with E-state index >= 15 is 0 Å². The Labute approximate surface area is 159 Å². The number of anilines is 2. The largest absolute Gasteiger partial charge is 0.394 e. The van der Waals surface area contributed by atoms with Crippen molar-refractivity contribution in [2.75, 3.05) is 29.5 Å². The standard InChI is InChI=1S/C20H25ClN4O/c21-17-8-2-1-7-16(17)18-9-5-11-25(18)20-12-19(22-14-23-20)24-10-4-3-6-15(24)13-26/h1-2,7-8,12,14-15,18,26H,3-6,9-11,13H2. The van der Waals surface area contributed by atoms with Crippen LogP contribution in [-0.2, 0) is 0 Å². The maximum absolute atomic E-state index is 9.71. The highest BCUT2D eigenvalue weighted by Gasteiger charge is 2.30. The lowest BCUT2D eigenvalue weighted by molar-refractivity contribution is 0.239. The van der Waals surface area contributed by atoms with Crippen molar-refractivity contribution in [2.24, 2.45) is 0 Å². The molecule has 1 aromatic carbocycles. The average Bonchev–Trinajstić information content (AvgIpc) is 3.18. The van der Waals surface area contributed by atoms with E-state index in [0.717, 1.165) is 61.0 Å². The second kappa shape index (κ2) is 7.80. The molecule has 26 heavy (non-hydrogen) atoms. The number of nitrogens with zero attached hydrogens (tertiary/aromatic N) is 4. The third kappa shape index (κ3) is 3.38. The van der Waals surface area contributed by atoms with Crippen LogP contribution in [0.5, 0.6) is 0 Å². The van der Waals surface area contributed by atoms with Gasteiger partial charge in [0.1, 0.15) is 18.0 Å². The molecule has 5 nitrogen and oxygen atoms in total. The molecule has 2 fully saturated rings. The Morgan fingerprint density at radius 2 is 1.77 bits per heavy atom. The number of hydrogen-bond donors (Lipinski definition) is 1. The number of aliphatic hydroxyl groups is 1. The van der Waals surface area contributed by atoms with E-state index < -0.39 is 0 Å². The summed E-state index contributed by atoms with van der Waals surface area (Å²) in [7, 11) is 0. The lowest BCUT2D eigenvalue weighted by Gasteiger charge is -2.36. The normalized spacial score (nSPS) is 23.5. The van der Waals surface area contributed by atoms with Gasteiger partial charge in [0.2, 0.25) is 0 Å². The summed E-state index contributed by atoms with van der Waals surface area (Å²) >= 11 is 6.45. The maximum Gasteiger partial charge on any atom is 0.134 e. The highest BCUT2D eigenvalue weighted by Crippen LogP contribution is 2.38. The summed E-state index contributed by atoms with van der Waals surface area (Å²) in [4.78, 5) is 13.6. The van der Waals surface area contributed by atoms with E-state index in [0.29, 0.717) is 0 Å². The Morgan fingerprint density at radius 1 is 1.00 bits per heavy atom.